The number of carboxylic acids is 1. The third-order valence-electron chi connectivity index (χ3n) is 2.82. The maximum atomic E-state index is 10.8. The van der Waals surface area contributed by atoms with E-state index >= 15 is 0 Å². The molecule has 0 saturated carbocycles. The highest BCUT2D eigenvalue weighted by Crippen LogP contribution is 2.32. The van der Waals surface area contributed by atoms with Gasteiger partial charge in [-0.05, 0) is 29.7 Å². The Hall–Kier alpha value is -1.88. The molecule has 19 heavy (non-hydrogen) atoms. The first-order valence-electron chi connectivity index (χ1n) is 5.90. The fourth-order valence-corrected chi connectivity index (χ4v) is 2.61. The van der Waals surface area contributed by atoms with Crippen LogP contribution in [0.3, 0.4) is 0 Å². The van der Waals surface area contributed by atoms with E-state index in [4.69, 9.17) is 9.84 Å². The van der Waals surface area contributed by atoms with Crippen LogP contribution in [0.1, 0.15) is 35.8 Å². The second kappa shape index (κ2) is 5.40. The highest BCUT2D eigenvalue weighted by Gasteiger charge is 2.13. The Morgan fingerprint density at radius 1 is 1.42 bits per heavy atom. The van der Waals surface area contributed by atoms with E-state index in [0.29, 0.717) is 10.9 Å². The lowest BCUT2D eigenvalue weighted by atomic mass is 10.00. The molecule has 1 aromatic carbocycles. The normalized spacial score (nSPS) is 10.7. The lowest BCUT2D eigenvalue weighted by Crippen LogP contribution is -1.97. The molecule has 0 aliphatic rings. The van der Waals surface area contributed by atoms with Gasteiger partial charge in [0.15, 0.2) is 5.69 Å². The number of aromatic carboxylic acids is 1. The second-order valence-corrected chi connectivity index (χ2v) is 5.31. The van der Waals surface area contributed by atoms with E-state index in [0.717, 1.165) is 16.9 Å². The molecule has 1 N–H and O–H groups in total. The summed E-state index contributed by atoms with van der Waals surface area (Å²) < 4.78 is 5.33. The molecule has 5 heteroatoms. The van der Waals surface area contributed by atoms with Gasteiger partial charge in [-0.2, -0.15) is 0 Å². The van der Waals surface area contributed by atoms with Crippen LogP contribution in [-0.2, 0) is 0 Å². The van der Waals surface area contributed by atoms with Crippen LogP contribution in [0.4, 0.5) is 0 Å². The van der Waals surface area contributed by atoms with Crippen molar-refractivity contribution in [3.05, 3.63) is 34.8 Å². The van der Waals surface area contributed by atoms with Gasteiger partial charge in [-0.25, -0.2) is 9.78 Å². The first-order chi connectivity index (χ1) is 9.02. The van der Waals surface area contributed by atoms with Crippen LogP contribution in [0.5, 0.6) is 5.75 Å². The van der Waals surface area contributed by atoms with E-state index < -0.39 is 5.97 Å². The van der Waals surface area contributed by atoms with Crippen LogP contribution >= 0.6 is 11.3 Å². The molecule has 0 fully saturated rings. The maximum Gasteiger partial charge on any atom is 0.355 e. The van der Waals surface area contributed by atoms with Crippen LogP contribution in [0, 0.1) is 0 Å². The fourth-order valence-electron chi connectivity index (χ4n) is 1.82. The molecule has 0 radical (unpaired) electrons. The molecule has 0 atom stereocenters. The quantitative estimate of drug-likeness (QED) is 0.926. The van der Waals surface area contributed by atoms with Crippen molar-refractivity contribution < 1.29 is 14.6 Å². The maximum absolute atomic E-state index is 10.8. The largest absolute Gasteiger partial charge is 0.496 e. The molecule has 2 aromatic rings. The Balaban J connectivity index is 2.44. The smallest absolute Gasteiger partial charge is 0.355 e. The van der Waals surface area contributed by atoms with Gasteiger partial charge in [0.25, 0.3) is 0 Å². The van der Waals surface area contributed by atoms with Crippen LogP contribution in [-0.4, -0.2) is 23.2 Å². The van der Waals surface area contributed by atoms with E-state index in [1.54, 1.807) is 12.5 Å². The van der Waals surface area contributed by atoms with Gasteiger partial charge < -0.3 is 9.84 Å². The zero-order valence-corrected chi connectivity index (χ0v) is 11.8. The predicted molar refractivity (Wildman–Crippen MR) is 75.2 cm³/mol. The lowest BCUT2D eigenvalue weighted by Gasteiger charge is -2.12. The van der Waals surface area contributed by atoms with Crippen LogP contribution in [0.15, 0.2) is 23.6 Å². The third-order valence-corrected chi connectivity index (χ3v) is 3.71. The molecule has 0 amide bonds. The van der Waals surface area contributed by atoms with E-state index in [2.05, 4.69) is 18.8 Å². The van der Waals surface area contributed by atoms with Crippen molar-refractivity contribution in [2.45, 2.75) is 19.8 Å². The van der Waals surface area contributed by atoms with Crippen molar-refractivity contribution in [1.82, 2.24) is 4.98 Å². The van der Waals surface area contributed by atoms with Gasteiger partial charge in [-0.1, -0.05) is 13.8 Å². The predicted octanol–water partition coefficient (Wildman–Crippen LogP) is 3.64. The number of methoxy groups -OCH3 is 1. The first-order valence-corrected chi connectivity index (χ1v) is 6.78. The van der Waals surface area contributed by atoms with Crippen molar-refractivity contribution >= 4 is 17.3 Å². The van der Waals surface area contributed by atoms with E-state index in [1.165, 1.54) is 11.3 Å². The molecule has 1 aromatic heterocycles. The SMILES string of the molecule is COc1ccc(-c2nc(C(=O)O)cs2)cc1C(C)C. The van der Waals surface area contributed by atoms with Crippen molar-refractivity contribution in [3.63, 3.8) is 0 Å². The Morgan fingerprint density at radius 2 is 2.16 bits per heavy atom. The summed E-state index contributed by atoms with van der Waals surface area (Å²) in [4.78, 5) is 15.0. The highest BCUT2D eigenvalue weighted by atomic mass is 32.1. The number of nitrogens with zero attached hydrogens (tertiary/aromatic N) is 1. The van der Waals surface area contributed by atoms with Crippen LogP contribution < -0.4 is 4.74 Å². The van der Waals surface area contributed by atoms with Crippen molar-refractivity contribution in [3.8, 4) is 16.3 Å². The summed E-state index contributed by atoms with van der Waals surface area (Å²) in [5, 5.41) is 11.2. The van der Waals surface area contributed by atoms with Gasteiger partial charge in [0, 0.05) is 10.9 Å². The Bertz CT molecular complexity index is 604. The summed E-state index contributed by atoms with van der Waals surface area (Å²) in [5.74, 6) is 0.169. The number of aromatic nitrogens is 1. The number of carboxylic acid groups (broad SMARTS) is 1. The van der Waals surface area contributed by atoms with Crippen LogP contribution in [0.2, 0.25) is 0 Å². The number of hydrogen-bond donors (Lipinski definition) is 1. The molecule has 100 valence electrons. The molecule has 0 bridgehead atoms. The Morgan fingerprint density at radius 3 is 2.68 bits per heavy atom. The van der Waals surface area contributed by atoms with Gasteiger partial charge in [0.1, 0.15) is 10.8 Å². The molecule has 0 unspecified atom stereocenters. The third kappa shape index (κ3) is 2.76. The number of benzene rings is 1. The van der Waals surface area contributed by atoms with E-state index in [9.17, 15) is 4.79 Å². The van der Waals surface area contributed by atoms with Crippen molar-refractivity contribution in [2.75, 3.05) is 7.11 Å². The van der Waals surface area contributed by atoms with Crippen molar-refractivity contribution in [2.24, 2.45) is 0 Å². The lowest BCUT2D eigenvalue weighted by molar-refractivity contribution is 0.0691. The summed E-state index contributed by atoms with van der Waals surface area (Å²) in [7, 11) is 1.65. The molecule has 0 saturated heterocycles. The Kier molecular flexibility index (Phi) is 3.85. The minimum Gasteiger partial charge on any atom is -0.496 e. The minimum atomic E-state index is -1.000. The molecule has 1 heterocycles. The van der Waals surface area contributed by atoms with Gasteiger partial charge in [0.05, 0.1) is 7.11 Å². The average Bonchev–Trinajstić information content (AvgIpc) is 2.87. The molecule has 2 rings (SSSR count). The highest BCUT2D eigenvalue weighted by molar-refractivity contribution is 7.13. The zero-order chi connectivity index (χ0) is 14.0. The summed E-state index contributed by atoms with van der Waals surface area (Å²) in [5.41, 5.74) is 2.09. The van der Waals surface area contributed by atoms with E-state index in [-0.39, 0.29) is 5.69 Å². The topological polar surface area (TPSA) is 59.4 Å². The van der Waals surface area contributed by atoms with E-state index in [1.807, 2.05) is 18.2 Å². The average molecular weight is 277 g/mol. The number of ether oxygens (including phenoxy) is 1. The molecule has 0 spiro atoms. The number of thiazole rings is 1. The number of rotatable bonds is 4. The standard InChI is InChI=1S/C14H15NO3S/c1-8(2)10-6-9(4-5-12(10)18-3)13-15-11(7-19-13)14(16)17/h4-8H,1-3H3,(H,16,17). The summed E-state index contributed by atoms with van der Waals surface area (Å²) in [6.07, 6.45) is 0. The molecule has 0 aliphatic heterocycles. The second-order valence-electron chi connectivity index (χ2n) is 4.45. The van der Waals surface area contributed by atoms with Gasteiger partial charge >= 0.3 is 5.97 Å². The minimum absolute atomic E-state index is 0.0851. The van der Waals surface area contributed by atoms with Gasteiger partial charge in [-0.3, -0.25) is 0 Å². The molecule has 0 aliphatic carbocycles. The van der Waals surface area contributed by atoms with Gasteiger partial charge in [0.2, 0.25) is 0 Å². The fraction of sp³-hybridized carbons (Fsp3) is 0.286. The zero-order valence-electron chi connectivity index (χ0n) is 11.0. The molecular weight excluding hydrogens is 262 g/mol. The summed E-state index contributed by atoms with van der Waals surface area (Å²) in [6.45, 7) is 4.18. The number of carbonyl (C=O) groups is 1. The first kappa shape index (κ1) is 13.5. The number of hydrogen-bond acceptors (Lipinski definition) is 4. The van der Waals surface area contributed by atoms with Gasteiger partial charge in [-0.15, -0.1) is 11.3 Å². The monoisotopic (exact) mass is 277 g/mol. The Labute approximate surface area is 115 Å². The van der Waals surface area contributed by atoms with Crippen molar-refractivity contribution in [1.29, 1.82) is 0 Å². The molecule has 4 nitrogen and oxygen atoms in total. The molecular formula is C14H15NO3S. The summed E-state index contributed by atoms with van der Waals surface area (Å²) in [6, 6.07) is 5.80. The van der Waals surface area contributed by atoms with Crippen LogP contribution in [0.25, 0.3) is 10.6 Å². The summed E-state index contributed by atoms with van der Waals surface area (Å²) >= 11 is 1.33.